The summed E-state index contributed by atoms with van der Waals surface area (Å²) in [6.07, 6.45) is 0.309. The second kappa shape index (κ2) is 4.87. The van der Waals surface area contributed by atoms with E-state index in [0.29, 0.717) is 12.1 Å². The van der Waals surface area contributed by atoms with Crippen molar-refractivity contribution in [2.45, 2.75) is 13.3 Å². The molecule has 0 bridgehead atoms. The van der Waals surface area contributed by atoms with Crippen molar-refractivity contribution in [3.05, 3.63) is 23.8 Å². The standard InChI is InChI=1S/C12H12N2O4/c1-7(15)18-6-12(17)13-9-2-3-10-8(4-9)5-11(16)14-10/h2-4H,5-6H2,1H3,(H,13,17)(H,14,16). The van der Waals surface area contributed by atoms with Gasteiger partial charge in [-0.1, -0.05) is 0 Å². The maximum absolute atomic E-state index is 11.4. The van der Waals surface area contributed by atoms with Gasteiger partial charge in [-0.05, 0) is 23.8 Å². The van der Waals surface area contributed by atoms with Gasteiger partial charge in [0, 0.05) is 18.3 Å². The molecule has 0 fully saturated rings. The van der Waals surface area contributed by atoms with Crippen molar-refractivity contribution in [1.82, 2.24) is 0 Å². The molecule has 0 unspecified atom stereocenters. The van der Waals surface area contributed by atoms with Crippen LogP contribution in [0.15, 0.2) is 18.2 Å². The molecule has 0 spiro atoms. The molecule has 2 N–H and O–H groups in total. The number of hydrogen-bond acceptors (Lipinski definition) is 4. The molecular weight excluding hydrogens is 236 g/mol. The van der Waals surface area contributed by atoms with E-state index in [1.807, 2.05) is 0 Å². The topological polar surface area (TPSA) is 84.5 Å². The first-order valence-corrected chi connectivity index (χ1v) is 5.40. The molecule has 1 heterocycles. The van der Waals surface area contributed by atoms with Gasteiger partial charge in [-0.3, -0.25) is 14.4 Å². The highest BCUT2D eigenvalue weighted by molar-refractivity contribution is 6.00. The smallest absolute Gasteiger partial charge is 0.303 e. The van der Waals surface area contributed by atoms with Crippen LogP contribution in [0.1, 0.15) is 12.5 Å². The van der Waals surface area contributed by atoms with Gasteiger partial charge in [-0.25, -0.2) is 0 Å². The van der Waals surface area contributed by atoms with Crippen LogP contribution in [-0.4, -0.2) is 24.4 Å². The summed E-state index contributed by atoms with van der Waals surface area (Å²) in [6.45, 7) is 0.920. The quantitative estimate of drug-likeness (QED) is 0.770. The van der Waals surface area contributed by atoms with Crippen molar-refractivity contribution in [2.24, 2.45) is 0 Å². The molecule has 0 saturated heterocycles. The number of anilines is 2. The van der Waals surface area contributed by atoms with E-state index >= 15 is 0 Å². The van der Waals surface area contributed by atoms with Crippen molar-refractivity contribution in [3.63, 3.8) is 0 Å². The van der Waals surface area contributed by atoms with Gasteiger partial charge in [0.05, 0.1) is 6.42 Å². The van der Waals surface area contributed by atoms with Gasteiger partial charge in [-0.15, -0.1) is 0 Å². The summed E-state index contributed by atoms with van der Waals surface area (Å²) in [5.74, 6) is -0.982. The van der Waals surface area contributed by atoms with Gasteiger partial charge < -0.3 is 15.4 Å². The molecule has 1 aliphatic rings. The number of nitrogens with one attached hydrogen (secondary N) is 2. The van der Waals surface area contributed by atoms with E-state index < -0.39 is 11.9 Å². The Bertz CT molecular complexity index is 525. The summed E-state index contributed by atoms with van der Waals surface area (Å²) in [5.41, 5.74) is 2.17. The van der Waals surface area contributed by atoms with Gasteiger partial charge in [0.1, 0.15) is 0 Å². The average molecular weight is 248 g/mol. The van der Waals surface area contributed by atoms with Gasteiger partial charge in [-0.2, -0.15) is 0 Å². The summed E-state index contributed by atoms with van der Waals surface area (Å²) in [6, 6.07) is 5.12. The lowest BCUT2D eigenvalue weighted by Gasteiger charge is -2.06. The Kier molecular flexibility index (Phi) is 3.27. The largest absolute Gasteiger partial charge is 0.456 e. The maximum atomic E-state index is 11.4. The van der Waals surface area contributed by atoms with Crippen LogP contribution < -0.4 is 10.6 Å². The third kappa shape index (κ3) is 2.85. The number of carbonyl (C=O) groups excluding carboxylic acids is 3. The van der Waals surface area contributed by atoms with Crippen LogP contribution >= 0.6 is 0 Å². The molecule has 94 valence electrons. The molecule has 1 aliphatic heterocycles. The highest BCUT2D eigenvalue weighted by atomic mass is 16.5. The summed E-state index contributed by atoms with van der Waals surface area (Å²) in [5, 5.41) is 5.28. The molecule has 0 atom stereocenters. The SMILES string of the molecule is CC(=O)OCC(=O)Nc1ccc2c(c1)CC(=O)N2. The number of esters is 1. The number of rotatable bonds is 3. The van der Waals surface area contributed by atoms with Gasteiger partial charge >= 0.3 is 5.97 Å². The Balaban J connectivity index is 1.99. The van der Waals surface area contributed by atoms with Crippen LogP contribution in [0.2, 0.25) is 0 Å². The van der Waals surface area contributed by atoms with E-state index in [1.54, 1.807) is 18.2 Å². The Hall–Kier alpha value is -2.37. The Morgan fingerprint density at radius 2 is 2.22 bits per heavy atom. The van der Waals surface area contributed by atoms with Crippen molar-refractivity contribution in [2.75, 3.05) is 17.2 Å². The van der Waals surface area contributed by atoms with Crippen LogP contribution in [0.4, 0.5) is 11.4 Å². The van der Waals surface area contributed by atoms with E-state index in [0.717, 1.165) is 11.3 Å². The molecule has 1 aromatic carbocycles. The lowest BCUT2D eigenvalue weighted by atomic mass is 10.1. The molecule has 0 radical (unpaired) electrons. The number of amides is 2. The van der Waals surface area contributed by atoms with E-state index in [9.17, 15) is 14.4 Å². The summed E-state index contributed by atoms with van der Waals surface area (Å²) >= 11 is 0. The number of hydrogen-bond donors (Lipinski definition) is 2. The second-order valence-corrected chi connectivity index (χ2v) is 3.93. The second-order valence-electron chi connectivity index (χ2n) is 3.93. The van der Waals surface area contributed by atoms with Gasteiger partial charge in [0.15, 0.2) is 6.61 Å². The minimum absolute atomic E-state index is 0.0617. The molecule has 2 amide bonds. The fraction of sp³-hybridized carbons (Fsp3) is 0.250. The predicted octanol–water partition coefficient (Wildman–Crippen LogP) is 0.683. The molecule has 2 rings (SSSR count). The summed E-state index contributed by atoms with van der Waals surface area (Å²) < 4.78 is 4.57. The van der Waals surface area contributed by atoms with Crippen molar-refractivity contribution < 1.29 is 19.1 Å². The van der Waals surface area contributed by atoms with Crippen LogP contribution in [-0.2, 0) is 25.5 Å². The lowest BCUT2D eigenvalue weighted by molar-refractivity contribution is -0.144. The zero-order valence-corrected chi connectivity index (χ0v) is 9.78. The first-order chi connectivity index (χ1) is 8.54. The van der Waals surface area contributed by atoms with E-state index in [-0.39, 0.29) is 12.5 Å². The molecule has 6 nitrogen and oxygen atoms in total. The van der Waals surface area contributed by atoms with Crippen molar-refractivity contribution >= 4 is 29.2 Å². The fourth-order valence-corrected chi connectivity index (χ4v) is 1.67. The van der Waals surface area contributed by atoms with Gasteiger partial charge in [0.2, 0.25) is 5.91 Å². The first kappa shape index (κ1) is 12.1. The van der Waals surface area contributed by atoms with E-state index in [2.05, 4.69) is 15.4 Å². The molecule has 0 aromatic heterocycles. The highest BCUT2D eigenvalue weighted by Crippen LogP contribution is 2.25. The van der Waals surface area contributed by atoms with Crippen molar-refractivity contribution in [3.8, 4) is 0 Å². The molecular formula is C12H12N2O4. The monoisotopic (exact) mass is 248 g/mol. The van der Waals surface area contributed by atoms with Crippen LogP contribution in [0, 0.1) is 0 Å². The maximum Gasteiger partial charge on any atom is 0.303 e. The first-order valence-electron chi connectivity index (χ1n) is 5.40. The molecule has 1 aromatic rings. The summed E-state index contributed by atoms with van der Waals surface area (Å²) in [4.78, 5) is 33.1. The predicted molar refractivity (Wildman–Crippen MR) is 64.0 cm³/mol. The summed E-state index contributed by atoms with van der Waals surface area (Å²) in [7, 11) is 0. The third-order valence-corrected chi connectivity index (χ3v) is 2.42. The fourth-order valence-electron chi connectivity index (χ4n) is 1.67. The lowest BCUT2D eigenvalue weighted by Crippen LogP contribution is -2.19. The number of ether oxygens (including phenoxy) is 1. The number of fused-ring (bicyclic) bond motifs is 1. The Labute approximate surface area is 103 Å². The van der Waals surface area contributed by atoms with Crippen LogP contribution in [0.25, 0.3) is 0 Å². The van der Waals surface area contributed by atoms with Crippen LogP contribution in [0.3, 0.4) is 0 Å². The average Bonchev–Trinajstić information content (AvgIpc) is 2.66. The normalized spacial score (nSPS) is 12.6. The molecule has 0 saturated carbocycles. The van der Waals surface area contributed by atoms with Gasteiger partial charge in [0.25, 0.3) is 5.91 Å². The minimum atomic E-state index is -0.506. The zero-order valence-electron chi connectivity index (χ0n) is 9.78. The number of carbonyl (C=O) groups is 3. The molecule has 18 heavy (non-hydrogen) atoms. The Morgan fingerprint density at radius 3 is 2.94 bits per heavy atom. The molecule has 6 heteroatoms. The zero-order chi connectivity index (χ0) is 13.1. The van der Waals surface area contributed by atoms with Crippen LogP contribution in [0.5, 0.6) is 0 Å². The van der Waals surface area contributed by atoms with E-state index in [1.165, 1.54) is 6.92 Å². The highest BCUT2D eigenvalue weighted by Gasteiger charge is 2.17. The number of benzene rings is 1. The van der Waals surface area contributed by atoms with Crippen molar-refractivity contribution in [1.29, 1.82) is 0 Å². The minimum Gasteiger partial charge on any atom is -0.456 e. The van der Waals surface area contributed by atoms with E-state index in [4.69, 9.17) is 0 Å². The Morgan fingerprint density at radius 1 is 1.44 bits per heavy atom. The molecule has 0 aliphatic carbocycles. The third-order valence-electron chi connectivity index (χ3n) is 2.42.